The molecule has 0 unspecified atom stereocenters. The smallest absolute Gasteiger partial charge is 0.0548 e. The lowest BCUT2D eigenvalue weighted by Crippen LogP contribution is -1.95. The van der Waals surface area contributed by atoms with Gasteiger partial charge in [-0.05, 0) is 82.9 Å². The third-order valence-corrected chi connectivity index (χ3v) is 11.7. The Morgan fingerprint density at radius 1 is 0.333 bits per heavy atom. The first-order chi connectivity index (χ1) is 25.3. The predicted molar refractivity (Wildman–Crippen MR) is 219 cm³/mol. The lowest BCUT2D eigenvalue weighted by Gasteiger charge is -2.11. The third-order valence-electron chi connectivity index (χ3n) is 10.5. The molecule has 3 heterocycles. The van der Waals surface area contributed by atoms with E-state index in [1.54, 1.807) is 0 Å². The Labute approximate surface area is 298 Å². The van der Waals surface area contributed by atoms with Crippen LogP contribution in [0.3, 0.4) is 0 Å². The lowest BCUT2D eigenvalue weighted by molar-refractivity contribution is 1.17. The maximum atomic E-state index is 2.46. The van der Waals surface area contributed by atoms with Crippen LogP contribution < -0.4 is 0 Å². The van der Waals surface area contributed by atoms with Crippen molar-refractivity contribution in [3.05, 3.63) is 182 Å². The fourth-order valence-corrected chi connectivity index (χ4v) is 9.52. The van der Waals surface area contributed by atoms with Gasteiger partial charge in [0.25, 0.3) is 0 Å². The maximum Gasteiger partial charge on any atom is 0.0548 e. The number of thiophene rings is 1. The maximum absolute atomic E-state index is 2.46. The van der Waals surface area contributed by atoms with Gasteiger partial charge in [0.2, 0.25) is 0 Å². The molecule has 0 fully saturated rings. The molecule has 0 amide bonds. The van der Waals surface area contributed by atoms with Gasteiger partial charge in [0, 0.05) is 53.1 Å². The van der Waals surface area contributed by atoms with Crippen molar-refractivity contribution in [3.63, 3.8) is 0 Å². The number of hydrogen-bond acceptors (Lipinski definition) is 1. The summed E-state index contributed by atoms with van der Waals surface area (Å²) >= 11 is 1.88. The van der Waals surface area contributed by atoms with Crippen LogP contribution in [0.25, 0.3) is 97.4 Å². The SMILES string of the molecule is c1ccc(-c2ccc3c(c2)c2c4c5ccccc5n(-c5ccccc5)c4ccc2n3-c2ccc(-c3cccc4c3sc3ccccc34)cc2)cc1. The summed E-state index contributed by atoms with van der Waals surface area (Å²) in [6, 6.07) is 66.6. The summed E-state index contributed by atoms with van der Waals surface area (Å²) in [5.41, 5.74) is 12.1. The van der Waals surface area contributed by atoms with E-state index in [1.807, 2.05) is 11.3 Å². The first-order valence-corrected chi connectivity index (χ1v) is 18.3. The van der Waals surface area contributed by atoms with Crippen LogP contribution >= 0.6 is 11.3 Å². The summed E-state index contributed by atoms with van der Waals surface area (Å²) in [5.74, 6) is 0. The van der Waals surface area contributed by atoms with Crippen LogP contribution in [0.2, 0.25) is 0 Å². The van der Waals surface area contributed by atoms with Crippen LogP contribution in [0.1, 0.15) is 0 Å². The van der Waals surface area contributed by atoms with Crippen molar-refractivity contribution in [1.29, 1.82) is 0 Å². The number of benzene rings is 8. The first kappa shape index (κ1) is 28.4. The van der Waals surface area contributed by atoms with Gasteiger partial charge in [0.05, 0.1) is 22.1 Å². The molecule has 0 saturated heterocycles. The largest absolute Gasteiger partial charge is 0.309 e. The number of nitrogens with zero attached hydrogens (tertiary/aromatic N) is 2. The zero-order valence-corrected chi connectivity index (χ0v) is 28.4. The number of rotatable bonds is 4. The van der Waals surface area contributed by atoms with Crippen LogP contribution in [0.15, 0.2) is 182 Å². The molecule has 0 aliphatic heterocycles. The van der Waals surface area contributed by atoms with Crippen molar-refractivity contribution in [2.24, 2.45) is 0 Å². The van der Waals surface area contributed by atoms with Gasteiger partial charge in [-0.1, -0.05) is 121 Å². The van der Waals surface area contributed by atoms with E-state index in [2.05, 4.69) is 191 Å². The molecule has 0 aliphatic rings. The topological polar surface area (TPSA) is 9.86 Å². The third kappa shape index (κ3) is 4.22. The molecule has 0 spiro atoms. The van der Waals surface area contributed by atoms with E-state index in [4.69, 9.17) is 0 Å². The fourth-order valence-electron chi connectivity index (χ4n) is 8.28. The van der Waals surface area contributed by atoms with Crippen molar-refractivity contribution in [2.75, 3.05) is 0 Å². The summed E-state index contributed by atoms with van der Waals surface area (Å²) < 4.78 is 7.54. The molecule has 11 aromatic rings. The number of para-hydroxylation sites is 2. The quantitative estimate of drug-likeness (QED) is 0.177. The molecule has 8 aromatic carbocycles. The van der Waals surface area contributed by atoms with Crippen LogP contribution in [0.4, 0.5) is 0 Å². The van der Waals surface area contributed by atoms with Crippen molar-refractivity contribution in [2.45, 2.75) is 0 Å². The molecule has 0 N–H and O–H groups in total. The Bertz CT molecular complexity index is 3110. The first-order valence-electron chi connectivity index (χ1n) is 17.4. The Balaban J connectivity index is 1.18. The van der Waals surface area contributed by atoms with Gasteiger partial charge >= 0.3 is 0 Å². The molecule has 2 nitrogen and oxygen atoms in total. The van der Waals surface area contributed by atoms with Gasteiger partial charge in [0.1, 0.15) is 0 Å². The highest BCUT2D eigenvalue weighted by Crippen LogP contribution is 2.44. The van der Waals surface area contributed by atoms with E-state index in [0.717, 1.165) is 5.69 Å². The minimum atomic E-state index is 1.15. The normalized spacial score (nSPS) is 11.9. The molecule has 51 heavy (non-hydrogen) atoms. The molecule has 0 bridgehead atoms. The highest BCUT2D eigenvalue weighted by molar-refractivity contribution is 7.26. The standard InChI is InChI=1S/C48H30N2S/c1-3-12-31(13-4-1)33-24-27-42-40(30-33)47-44(29-28-43-46(47)39-17-7-9-20-41(39)49(43)34-14-5-2-6-15-34)50(42)35-25-22-32(23-26-35)36-18-11-19-38-37-16-8-10-21-45(37)51-48(36)38/h1-30H. The summed E-state index contributed by atoms with van der Waals surface area (Å²) in [6.07, 6.45) is 0. The summed E-state index contributed by atoms with van der Waals surface area (Å²) in [4.78, 5) is 0. The van der Waals surface area contributed by atoms with E-state index in [9.17, 15) is 0 Å². The molecule has 11 rings (SSSR count). The molecule has 0 radical (unpaired) electrons. The highest BCUT2D eigenvalue weighted by atomic mass is 32.1. The van der Waals surface area contributed by atoms with E-state index in [1.165, 1.54) is 91.7 Å². The van der Waals surface area contributed by atoms with Gasteiger partial charge in [-0.25, -0.2) is 0 Å². The monoisotopic (exact) mass is 666 g/mol. The van der Waals surface area contributed by atoms with Crippen LogP contribution in [0.5, 0.6) is 0 Å². The summed E-state index contributed by atoms with van der Waals surface area (Å²) in [7, 11) is 0. The lowest BCUT2D eigenvalue weighted by atomic mass is 10.0. The van der Waals surface area contributed by atoms with Gasteiger partial charge in [-0.15, -0.1) is 11.3 Å². The Morgan fingerprint density at radius 2 is 0.902 bits per heavy atom. The Morgan fingerprint density at radius 3 is 1.69 bits per heavy atom. The summed E-state index contributed by atoms with van der Waals surface area (Å²) in [5, 5.41) is 7.74. The predicted octanol–water partition coefficient (Wildman–Crippen LogP) is 13.6. The Kier molecular flexibility index (Phi) is 6.16. The molecule has 238 valence electrons. The average molecular weight is 667 g/mol. The number of hydrogen-bond donors (Lipinski definition) is 0. The average Bonchev–Trinajstić information content (AvgIpc) is 3.86. The fraction of sp³-hybridized carbons (Fsp3) is 0. The van der Waals surface area contributed by atoms with Gasteiger partial charge < -0.3 is 9.13 Å². The van der Waals surface area contributed by atoms with Crippen LogP contribution in [0, 0.1) is 0 Å². The zero-order valence-electron chi connectivity index (χ0n) is 27.6. The molecule has 0 aliphatic carbocycles. The van der Waals surface area contributed by atoms with Gasteiger partial charge in [-0.2, -0.15) is 0 Å². The zero-order chi connectivity index (χ0) is 33.5. The van der Waals surface area contributed by atoms with Gasteiger partial charge in [-0.3, -0.25) is 0 Å². The summed E-state index contributed by atoms with van der Waals surface area (Å²) in [6.45, 7) is 0. The van der Waals surface area contributed by atoms with Crippen molar-refractivity contribution < 1.29 is 0 Å². The second-order valence-corrected chi connectivity index (χ2v) is 14.4. The van der Waals surface area contributed by atoms with E-state index < -0.39 is 0 Å². The van der Waals surface area contributed by atoms with Crippen molar-refractivity contribution in [1.82, 2.24) is 9.13 Å². The van der Waals surface area contributed by atoms with Crippen molar-refractivity contribution in [3.8, 4) is 33.6 Å². The van der Waals surface area contributed by atoms with Gasteiger partial charge in [0.15, 0.2) is 0 Å². The van der Waals surface area contributed by atoms with Crippen LogP contribution in [-0.4, -0.2) is 9.13 Å². The molecular weight excluding hydrogens is 637 g/mol. The molecule has 3 heteroatoms. The molecule has 3 aromatic heterocycles. The molecule has 0 saturated carbocycles. The van der Waals surface area contributed by atoms with Crippen molar-refractivity contribution >= 4 is 75.1 Å². The number of fused-ring (bicyclic) bond motifs is 10. The minimum Gasteiger partial charge on any atom is -0.309 e. The van der Waals surface area contributed by atoms with Crippen LogP contribution in [-0.2, 0) is 0 Å². The number of aromatic nitrogens is 2. The Hall–Kier alpha value is -6.42. The van der Waals surface area contributed by atoms with E-state index in [-0.39, 0.29) is 0 Å². The molecule has 0 atom stereocenters. The molecular formula is C48H30N2S. The minimum absolute atomic E-state index is 1.15. The second kappa shape index (κ2) is 11.0. The highest BCUT2D eigenvalue weighted by Gasteiger charge is 2.21. The van der Waals surface area contributed by atoms with E-state index in [0.29, 0.717) is 0 Å². The van der Waals surface area contributed by atoms with E-state index >= 15 is 0 Å². The second-order valence-electron chi connectivity index (χ2n) is 13.3.